The predicted molar refractivity (Wildman–Crippen MR) is 115 cm³/mol. The highest BCUT2D eigenvalue weighted by Gasteiger charge is 2.43. The summed E-state index contributed by atoms with van der Waals surface area (Å²) in [7, 11) is -2.81. The van der Waals surface area contributed by atoms with Gasteiger partial charge in [0.25, 0.3) is 0 Å². The molecular weight excluding hydrogens is 463 g/mol. The van der Waals surface area contributed by atoms with Gasteiger partial charge in [0.2, 0.25) is 11.9 Å². The number of hydrogen-bond donors (Lipinski definition) is 7. The molecule has 14 nitrogen and oxygen atoms in total. The van der Waals surface area contributed by atoms with Gasteiger partial charge in [-0.05, 0) is 19.3 Å². The Hall–Kier alpha value is -1.35. The third kappa shape index (κ3) is 8.74. The van der Waals surface area contributed by atoms with Crippen molar-refractivity contribution < 1.29 is 49.0 Å². The third-order valence-electron chi connectivity index (χ3n) is 5.41. The quantitative estimate of drug-likeness (QED) is 0.107. The van der Waals surface area contributed by atoms with E-state index in [1.807, 2.05) is 0 Å². The number of rotatable bonds is 12. The number of amides is 1. The van der Waals surface area contributed by atoms with Gasteiger partial charge < -0.3 is 54.8 Å². The fraction of sp³-hybridized carbons (Fsp3) is 0.889. The van der Waals surface area contributed by atoms with Gasteiger partial charge in [-0.3, -0.25) is 4.79 Å². The first-order chi connectivity index (χ1) is 15.5. The molecule has 0 spiro atoms. The molecule has 0 aromatic rings. The maximum absolute atomic E-state index is 12.0. The molecule has 0 aliphatic carbocycles. The zero-order valence-corrected chi connectivity index (χ0v) is 19.5. The molecule has 0 aromatic carbocycles. The number of carbonyl (C=O) groups is 1. The highest BCUT2D eigenvalue weighted by Crippen LogP contribution is 2.37. The molecule has 2 heterocycles. The fourth-order valence-corrected chi connectivity index (χ4v) is 4.07. The number of nitrogens with one attached hydrogen (secondary N) is 1. The number of aliphatic hydroxyl groups excluding tert-OH is 4. The van der Waals surface area contributed by atoms with Gasteiger partial charge >= 0.3 is 7.75 Å². The summed E-state index contributed by atoms with van der Waals surface area (Å²) in [4.78, 5) is 33.5. The van der Waals surface area contributed by atoms with Crippen LogP contribution in [0.25, 0.3) is 0 Å². The maximum Gasteiger partial charge on any atom is 0.451 e. The zero-order chi connectivity index (χ0) is 24.6. The molecule has 2 fully saturated rings. The number of hydrogen-bond acceptors (Lipinski definition) is 8. The second kappa shape index (κ2) is 12.9. The third-order valence-corrected chi connectivity index (χ3v) is 5.84. The number of carbonyl (C=O) groups excluding carboxylic acids is 1. The summed E-state index contributed by atoms with van der Waals surface area (Å²) in [6.45, 7) is 1.73. The predicted octanol–water partition coefficient (Wildman–Crippen LogP) is -2.82. The van der Waals surface area contributed by atoms with Crippen molar-refractivity contribution in [3.63, 3.8) is 0 Å². The lowest BCUT2D eigenvalue weighted by molar-refractivity contribution is -0.301. The summed E-state index contributed by atoms with van der Waals surface area (Å²) in [5.74, 6) is 0.0968. The summed E-state index contributed by atoms with van der Waals surface area (Å²) in [6, 6.07) is 0. The van der Waals surface area contributed by atoms with Crippen LogP contribution in [-0.4, -0.2) is 129 Å². The molecule has 0 saturated carbocycles. The molecule has 2 rings (SSSR count). The van der Waals surface area contributed by atoms with E-state index in [9.17, 15) is 24.7 Å². The van der Waals surface area contributed by atoms with Crippen LogP contribution in [0.5, 0.6) is 0 Å². The van der Waals surface area contributed by atoms with Crippen molar-refractivity contribution in [1.82, 2.24) is 15.1 Å². The lowest BCUT2D eigenvalue weighted by atomic mass is 9.99. The Morgan fingerprint density at radius 3 is 2.58 bits per heavy atom. The van der Waals surface area contributed by atoms with Crippen LogP contribution in [0.15, 0.2) is 4.76 Å². The average molecular weight is 498 g/mol. The molecule has 2 aliphatic rings. The SMILES string of the molecule is CN1CCN(CCCNC(=O)CCCCO[C@@H]2O[C@H](CO)[C@@H](O)[C@H](O)[C@H]2O)C1=NP(=O)(O)O. The molecule has 2 aliphatic heterocycles. The van der Waals surface area contributed by atoms with Gasteiger partial charge in [-0.25, -0.2) is 4.57 Å². The fourth-order valence-electron chi connectivity index (χ4n) is 3.56. The van der Waals surface area contributed by atoms with Gasteiger partial charge in [-0.2, -0.15) is 0 Å². The van der Waals surface area contributed by atoms with Crippen molar-refractivity contribution in [1.29, 1.82) is 0 Å². The molecule has 0 unspecified atom stereocenters. The smallest absolute Gasteiger partial charge is 0.394 e. The van der Waals surface area contributed by atoms with Crippen LogP contribution < -0.4 is 5.32 Å². The van der Waals surface area contributed by atoms with Gasteiger partial charge in [0.05, 0.1) is 6.61 Å². The second-order valence-corrected chi connectivity index (χ2v) is 9.28. The van der Waals surface area contributed by atoms with E-state index in [1.54, 1.807) is 16.8 Å². The highest BCUT2D eigenvalue weighted by molar-refractivity contribution is 7.50. The Labute approximate surface area is 192 Å². The molecule has 1 amide bonds. The van der Waals surface area contributed by atoms with Crippen molar-refractivity contribution in [2.75, 3.05) is 46.4 Å². The van der Waals surface area contributed by atoms with Crippen molar-refractivity contribution in [3.8, 4) is 0 Å². The molecule has 0 radical (unpaired) electrons. The Bertz CT molecular complexity index is 706. The average Bonchev–Trinajstić information content (AvgIpc) is 3.08. The minimum Gasteiger partial charge on any atom is -0.394 e. The summed E-state index contributed by atoms with van der Waals surface area (Å²) in [5.41, 5.74) is 0. The van der Waals surface area contributed by atoms with Crippen LogP contribution in [0.2, 0.25) is 0 Å². The monoisotopic (exact) mass is 498 g/mol. The van der Waals surface area contributed by atoms with Crippen LogP contribution in [-0.2, 0) is 18.8 Å². The van der Waals surface area contributed by atoms with E-state index < -0.39 is 45.1 Å². The summed E-state index contributed by atoms with van der Waals surface area (Å²) in [6.07, 6.45) is -4.75. The molecular formula is C18H35N4O10P. The van der Waals surface area contributed by atoms with E-state index in [0.717, 1.165) is 0 Å². The first kappa shape index (κ1) is 27.9. The zero-order valence-electron chi connectivity index (χ0n) is 18.6. The second-order valence-electron chi connectivity index (χ2n) is 8.05. The molecule has 5 atom stereocenters. The van der Waals surface area contributed by atoms with Crippen LogP contribution >= 0.6 is 7.75 Å². The van der Waals surface area contributed by atoms with Gasteiger partial charge in [0.1, 0.15) is 24.4 Å². The van der Waals surface area contributed by atoms with Crippen molar-refractivity contribution in [2.45, 2.75) is 56.4 Å². The Kier molecular flexibility index (Phi) is 10.9. The molecule has 33 heavy (non-hydrogen) atoms. The van der Waals surface area contributed by atoms with E-state index in [4.69, 9.17) is 24.4 Å². The van der Waals surface area contributed by atoms with Gasteiger partial charge in [0, 0.05) is 46.3 Å². The Balaban J connectivity index is 1.58. The molecule has 0 bridgehead atoms. The van der Waals surface area contributed by atoms with Gasteiger partial charge in [-0.1, -0.05) is 0 Å². The molecule has 192 valence electrons. The molecule has 7 N–H and O–H groups in total. The number of nitrogens with zero attached hydrogens (tertiary/aromatic N) is 3. The number of guanidine groups is 1. The topological polar surface area (TPSA) is 205 Å². The van der Waals surface area contributed by atoms with Crippen LogP contribution in [0.4, 0.5) is 0 Å². The highest BCUT2D eigenvalue weighted by atomic mass is 31.2. The van der Waals surface area contributed by atoms with E-state index >= 15 is 0 Å². The lowest BCUT2D eigenvalue weighted by Gasteiger charge is -2.39. The van der Waals surface area contributed by atoms with Crippen molar-refractivity contribution in [2.24, 2.45) is 4.76 Å². The summed E-state index contributed by atoms with van der Waals surface area (Å²) < 4.78 is 25.2. The van der Waals surface area contributed by atoms with Gasteiger partial charge in [-0.15, -0.1) is 4.76 Å². The maximum atomic E-state index is 12.0. The first-order valence-electron chi connectivity index (χ1n) is 10.8. The van der Waals surface area contributed by atoms with Crippen molar-refractivity contribution in [3.05, 3.63) is 0 Å². The lowest BCUT2D eigenvalue weighted by Crippen LogP contribution is -2.59. The first-order valence-corrected chi connectivity index (χ1v) is 12.4. The van der Waals surface area contributed by atoms with E-state index in [-0.39, 0.29) is 24.9 Å². The minimum atomic E-state index is -4.52. The standard InChI is InChI=1S/C18H35N4O10P/c1-21-8-9-22(18(21)20-33(28,29)30)7-4-6-19-13(24)5-2-3-10-31-17-16(27)15(26)14(25)12(11-23)32-17/h12,14-17,23,25-27H,2-11H2,1H3,(H,19,24)(H2,28,29,30)/t12-,14-,15+,16-,17-/m1/s1. The number of unbranched alkanes of at least 4 members (excludes halogenated alkanes) is 1. The van der Waals surface area contributed by atoms with E-state index in [0.29, 0.717) is 45.4 Å². The molecule has 0 aromatic heterocycles. The Morgan fingerprint density at radius 2 is 1.91 bits per heavy atom. The summed E-state index contributed by atoms with van der Waals surface area (Å²) in [5, 5.41) is 41.3. The number of ether oxygens (including phenoxy) is 2. The minimum absolute atomic E-state index is 0.148. The van der Waals surface area contributed by atoms with Crippen LogP contribution in [0.1, 0.15) is 25.7 Å². The number of aliphatic hydroxyl groups is 4. The molecule has 2 saturated heterocycles. The molecule has 15 heteroatoms. The van der Waals surface area contributed by atoms with E-state index in [2.05, 4.69) is 10.1 Å². The normalized spacial score (nSPS) is 29.7. The largest absolute Gasteiger partial charge is 0.451 e. The summed E-state index contributed by atoms with van der Waals surface area (Å²) >= 11 is 0. The van der Waals surface area contributed by atoms with Gasteiger partial charge in [0.15, 0.2) is 6.29 Å². The Morgan fingerprint density at radius 1 is 1.18 bits per heavy atom. The number of likely N-dealkylation sites (N-methyl/N-ethyl adjacent to an activating group) is 1. The van der Waals surface area contributed by atoms with Crippen LogP contribution in [0.3, 0.4) is 0 Å². The van der Waals surface area contributed by atoms with Crippen LogP contribution in [0, 0.1) is 0 Å². The van der Waals surface area contributed by atoms with Crippen molar-refractivity contribution >= 4 is 19.6 Å². The van der Waals surface area contributed by atoms with E-state index in [1.165, 1.54) is 0 Å².